The van der Waals surface area contributed by atoms with Gasteiger partial charge in [-0.25, -0.2) is 8.42 Å². The van der Waals surface area contributed by atoms with Crippen LogP contribution in [0, 0.1) is 6.92 Å². The fourth-order valence-corrected chi connectivity index (χ4v) is 2.50. The first-order valence-corrected chi connectivity index (χ1v) is 7.91. The SMILES string of the molecule is Cc1cc(N(CCC(=O)NC2CC2)S(C)(=O)=O)no1. The highest BCUT2D eigenvalue weighted by atomic mass is 32.2. The lowest BCUT2D eigenvalue weighted by atomic mass is 10.4. The highest BCUT2D eigenvalue weighted by Gasteiger charge is 2.25. The minimum atomic E-state index is -3.48. The van der Waals surface area contributed by atoms with E-state index < -0.39 is 10.0 Å². The Morgan fingerprint density at radius 2 is 2.26 bits per heavy atom. The number of nitrogens with zero attached hydrogens (tertiary/aromatic N) is 2. The van der Waals surface area contributed by atoms with E-state index in [0.29, 0.717) is 5.76 Å². The molecule has 0 aromatic carbocycles. The molecule has 1 N–H and O–H groups in total. The van der Waals surface area contributed by atoms with Gasteiger partial charge in [0.1, 0.15) is 5.76 Å². The van der Waals surface area contributed by atoms with Gasteiger partial charge in [0.25, 0.3) is 0 Å². The molecule has 0 radical (unpaired) electrons. The van der Waals surface area contributed by atoms with Gasteiger partial charge >= 0.3 is 0 Å². The lowest BCUT2D eigenvalue weighted by Gasteiger charge is -2.18. The highest BCUT2D eigenvalue weighted by Crippen LogP contribution is 2.20. The fourth-order valence-electron chi connectivity index (χ4n) is 1.65. The van der Waals surface area contributed by atoms with E-state index in [-0.39, 0.29) is 30.7 Å². The van der Waals surface area contributed by atoms with Gasteiger partial charge in [0.05, 0.1) is 6.26 Å². The minimum Gasteiger partial charge on any atom is -0.360 e. The van der Waals surface area contributed by atoms with Crippen molar-refractivity contribution in [3.05, 3.63) is 11.8 Å². The third-order valence-corrected chi connectivity index (χ3v) is 3.93. The molecule has 0 aliphatic heterocycles. The van der Waals surface area contributed by atoms with Crippen molar-refractivity contribution in [1.82, 2.24) is 10.5 Å². The molecule has 0 unspecified atom stereocenters. The first-order chi connectivity index (χ1) is 8.86. The third-order valence-electron chi connectivity index (χ3n) is 2.76. The lowest BCUT2D eigenvalue weighted by molar-refractivity contribution is -0.121. The Bertz CT molecular complexity index is 562. The molecule has 1 amide bonds. The van der Waals surface area contributed by atoms with Crippen molar-refractivity contribution in [3.8, 4) is 0 Å². The summed E-state index contributed by atoms with van der Waals surface area (Å²) in [7, 11) is -3.48. The first-order valence-electron chi connectivity index (χ1n) is 6.06. The van der Waals surface area contributed by atoms with Crippen LogP contribution in [0.5, 0.6) is 0 Å². The molecule has 8 heteroatoms. The van der Waals surface area contributed by atoms with Gasteiger partial charge in [-0.2, -0.15) is 0 Å². The van der Waals surface area contributed by atoms with Crippen molar-refractivity contribution in [2.24, 2.45) is 0 Å². The Kier molecular flexibility index (Phi) is 3.79. The molecular formula is C11H17N3O4S. The molecular weight excluding hydrogens is 270 g/mol. The summed E-state index contributed by atoms with van der Waals surface area (Å²) in [4.78, 5) is 11.6. The average molecular weight is 287 g/mol. The largest absolute Gasteiger partial charge is 0.360 e. The Labute approximate surface area is 112 Å². The maximum atomic E-state index is 11.7. The van der Waals surface area contributed by atoms with E-state index in [1.807, 2.05) is 0 Å². The highest BCUT2D eigenvalue weighted by molar-refractivity contribution is 7.92. The summed E-state index contributed by atoms with van der Waals surface area (Å²) in [6.45, 7) is 1.74. The summed E-state index contributed by atoms with van der Waals surface area (Å²) in [6, 6.07) is 1.80. The molecule has 0 spiro atoms. The Balaban J connectivity index is 2.00. The maximum Gasteiger partial charge on any atom is 0.233 e. The number of carbonyl (C=O) groups excluding carboxylic acids is 1. The molecule has 1 fully saturated rings. The minimum absolute atomic E-state index is 0.0589. The van der Waals surface area contributed by atoms with Gasteiger partial charge in [-0.3, -0.25) is 9.10 Å². The van der Waals surface area contributed by atoms with Gasteiger partial charge in [0.15, 0.2) is 5.82 Å². The summed E-state index contributed by atoms with van der Waals surface area (Å²) in [5, 5.41) is 6.49. The van der Waals surface area contributed by atoms with E-state index in [2.05, 4.69) is 10.5 Å². The predicted molar refractivity (Wildman–Crippen MR) is 69.2 cm³/mol. The average Bonchev–Trinajstić information content (AvgIpc) is 2.98. The quantitative estimate of drug-likeness (QED) is 0.818. The van der Waals surface area contributed by atoms with Gasteiger partial charge in [0.2, 0.25) is 15.9 Å². The zero-order chi connectivity index (χ0) is 14.0. The number of aromatic nitrogens is 1. The summed E-state index contributed by atoms with van der Waals surface area (Å²) in [5.41, 5.74) is 0. The van der Waals surface area contributed by atoms with Gasteiger partial charge in [0, 0.05) is 25.1 Å². The standard InChI is InChI=1S/C11H17N3O4S/c1-8-7-10(13-18-8)14(19(2,16)17)6-5-11(15)12-9-3-4-9/h7,9H,3-6H2,1-2H3,(H,12,15). The van der Waals surface area contributed by atoms with E-state index in [0.717, 1.165) is 23.4 Å². The molecule has 0 saturated heterocycles. The summed E-state index contributed by atoms with van der Waals surface area (Å²) >= 11 is 0. The molecule has 1 aliphatic carbocycles. The van der Waals surface area contributed by atoms with Crippen LogP contribution in [0.15, 0.2) is 10.6 Å². The number of sulfonamides is 1. The molecule has 0 atom stereocenters. The molecule has 1 aromatic heterocycles. The molecule has 1 aromatic rings. The molecule has 106 valence electrons. The zero-order valence-electron chi connectivity index (χ0n) is 10.9. The second-order valence-electron chi connectivity index (χ2n) is 4.72. The Morgan fingerprint density at radius 1 is 1.58 bits per heavy atom. The second kappa shape index (κ2) is 5.20. The zero-order valence-corrected chi connectivity index (χ0v) is 11.7. The molecule has 1 saturated carbocycles. The Hall–Kier alpha value is -1.57. The van der Waals surface area contributed by atoms with Crippen LogP contribution >= 0.6 is 0 Å². The number of hydrogen-bond donors (Lipinski definition) is 1. The van der Waals surface area contributed by atoms with Crippen LogP contribution in [0.25, 0.3) is 0 Å². The first kappa shape index (κ1) is 13.9. The number of rotatable bonds is 6. The number of carbonyl (C=O) groups is 1. The van der Waals surface area contributed by atoms with Crippen LogP contribution in [-0.4, -0.2) is 38.3 Å². The normalized spacial score (nSPS) is 15.3. The number of nitrogens with one attached hydrogen (secondary N) is 1. The summed E-state index contributed by atoms with van der Waals surface area (Å²) in [5.74, 6) is 0.585. The number of hydrogen-bond acceptors (Lipinski definition) is 5. The lowest BCUT2D eigenvalue weighted by Crippen LogP contribution is -2.35. The Morgan fingerprint density at radius 3 is 2.74 bits per heavy atom. The molecule has 1 aliphatic rings. The molecule has 0 bridgehead atoms. The fraction of sp³-hybridized carbons (Fsp3) is 0.636. The maximum absolute atomic E-state index is 11.7. The predicted octanol–water partition coefficient (Wildman–Crippen LogP) is 0.418. The van der Waals surface area contributed by atoms with Crippen LogP contribution < -0.4 is 9.62 Å². The van der Waals surface area contributed by atoms with Gasteiger partial charge < -0.3 is 9.84 Å². The van der Waals surface area contributed by atoms with E-state index in [1.54, 1.807) is 6.92 Å². The second-order valence-corrected chi connectivity index (χ2v) is 6.63. The van der Waals surface area contributed by atoms with E-state index >= 15 is 0 Å². The number of anilines is 1. The van der Waals surface area contributed by atoms with Crippen LogP contribution in [0.4, 0.5) is 5.82 Å². The van der Waals surface area contributed by atoms with Crippen molar-refractivity contribution in [2.45, 2.75) is 32.2 Å². The summed E-state index contributed by atoms with van der Waals surface area (Å²) in [6.07, 6.45) is 3.19. The van der Waals surface area contributed by atoms with Crippen molar-refractivity contribution < 1.29 is 17.7 Å². The van der Waals surface area contributed by atoms with Gasteiger partial charge in [-0.15, -0.1) is 0 Å². The number of aryl methyl sites for hydroxylation is 1. The molecule has 7 nitrogen and oxygen atoms in total. The molecule has 1 heterocycles. The van der Waals surface area contributed by atoms with E-state index in [4.69, 9.17) is 4.52 Å². The van der Waals surface area contributed by atoms with Crippen molar-refractivity contribution >= 4 is 21.7 Å². The topological polar surface area (TPSA) is 92.5 Å². The molecule has 19 heavy (non-hydrogen) atoms. The molecule has 2 rings (SSSR count). The number of amides is 1. The van der Waals surface area contributed by atoms with Gasteiger partial charge in [-0.1, -0.05) is 5.16 Å². The smallest absolute Gasteiger partial charge is 0.233 e. The van der Waals surface area contributed by atoms with Crippen LogP contribution in [-0.2, 0) is 14.8 Å². The van der Waals surface area contributed by atoms with Crippen LogP contribution in [0.1, 0.15) is 25.0 Å². The van der Waals surface area contributed by atoms with Crippen molar-refractivity contribution in [3.63, 3.8) is 0 Å². The van der Waals surface area contributed by atoms with E-state index in [1.165, 1.54) is 6.07 Å². The monoisotopic (exact) mass is 287 g/mol. The van der Waals surface area contributed by atoms with Crippen LogP contribution in [0.3, 0.4) is 0 Å². The van der Waals surface area contributed by atoms with E-state index in [9.17, 15) is 13.2 Å². The van der Waals surface area contributed by atoms with Gasteiger partial charge in [-0.05, 0) is 19.8 Å². The summed E-state index contributed by atoms with van der Waals surface area (Å²) < 4.78 is 29.3. The van der Waals surface area contributed by atoms with Crippen molar-refractivity contribution in [1.29, 1.82) is 0 Å². The third kappa shape index (κ3) is 3.95. The van der Waals surface area contributed by atoms with Crippen LogP contribution in [0.2, 0.25) is 0 Å². The van der Waals surface area contributed by atoms with Crippen molar-refractivity contribution in [2.75, 3.05) is 17.1 Å².